The fourth-order valence-electron chi connectivity index (χ4n) is 1.30. The fourth-order valence-corrected chi connectivity index (χ4v) is 2.10. The van der Waals surface area contributed by atoms with Crippen LogP contribution >= 0.6 is 11.3 Å². The van der Waals surface area contributed by atoms with Gasteiger partial charge in [0.05, 0.1) is 17.3 Å². The van der Waals surface area contributed by atoms with Crippen molar-refractivity contribution in [2.45, 2.75) is 13.0 Å². The van der Waals surface area contributed by atoms with E-state index in [1.54, 1.807) is 24.6 Å². The highest BCUT2D eigenvalue weighted by molar-refractivity contribution is 7.09. The summed E-state index contributed by atoms with van der Waals surface area (Å²) in [6.07, 6.45) is 2.61. The van der Waals surface area contributed by atoms with E-state index in [4.69, 9.17) is 4.74 Å². The van der Waals surface area contributed by atoms with E-state index >= 15 is 0 Å². The van der Waals surface area contributed by atoms with Gasteiger partial charge in [-0.1, -0.05) is 6.07 Å². The highest BCUT2D eigenvalue weighted by atomic mass is 32.1. The van der Waals surface area contributed by atoms with E-state index in [2.05, 4.69) is 9.97 Å². The van der Waals surface area contributed by atoms with E-state index in [0.29, 0.717) is 6.61 Å². The molecule has 0 aliphatic heterocycles. The summed E-state index contributed by atoms with van der Waals surface area (Å²) in [4.78, 5) is 8.71. The number of ether oxygens (including phenoxy) is 1. The molecular weight excluding hydrogens is 208 g/mol. The molecule has 0 atom stereocenters. The van der Waals surface area contributed by atoms with E-state index in [0.717, 1.165) is 22.8 Å². The van der Waals surface area contributed by atoms with Crippen molar-refractivity contribution in [3.63, 3.8) is 0 Å². The lowest BCUT2D eigenvalue weighted by molar-refractivity contribution is 0.182. The maximum absolute atomic E-state index is 5.02. The normalized spacial score (nSPS) is 10.5. The molecule has 0 saturated heterocycles. The van der Waals surface area contributed by atoms with Crippen molar-refractivity contribution in [3.8, 4) is 0 Å². The largest absolute Gasteiger partial charge is 0.378 e. The number of methoxy groups -OCH3 is 1. The van der Waals surface area contributed by atoms with Crippen LogP contribution < -0.4 is 0 Å². The molecule has 15 heavy (non-hydrogen) atoms. The Morgan fingerprint density at radius 3 is 3.00 bits per heavy atom. The lowest BCUT2D eigenvalue weighted by atomic mass is 10.3. The summed E-state index contributed by atoms with van der Waals surface area (Å²) in [5.74, 6) is 0. The van der Waals surface area contributed by atoms with Crippen LogP contribution in [0.5, 0.6) is 0 Å². The lowest BCUT2D eigenvalue weighted by Crippen LogP contribution is -1.92. The van der Waals surface area contributed by atoms with Gasteiger partial charge >= 0.3 is 0 Å². The third-order valence-corrected chi connectivity index (χ3v) is 2.85. The van der Waals surface area contributed by atoms with Gasteiger partial charge in [-0.05, 0) is 12.1 Å². The maximum Gasteiger partial charge on any atom is 0.0989 e. The highest BCUT2D eigenvalue weighted by Crippen LogP contribution is 2.13. The zero-order chi connectivity index (χ0) is 10.5. The van der Waals surface area contributed by atoms with Gasteiger partial charge in [-0.25, -0.2) is 4.98 Å². The van der Waals surface area contributed by atoms with Gasteiger partial charge < -0.3 is 4.74 Å². The lowest BCUT2D eigenvalue weighted by Gasteiger charge is -1.95. The van der Waals surface area contributed by atoms with Crippen LogP contribution in [-0.2, 0) is 17.8 Å². The van der Waals surface area contributed by atoms with Crippen LogP contribution in [0.2, 0.25) is 0 Å². The molecule has 3 nitrogen and oxygen atoms in total. The average Bonchev–Trinajstić information content (AvgIpc) is 2.68. The molecule has 0 fully saturated rings. The molecule has 0 N–H and O–H groups in total. The molecule has 0 amide bonds. The molecular formula is C11H12N2OS. The minimum Gasteiger partial charge on any atom is -0.378 e. The van der Waals surface area contributed by atoms with Crippen LogP contribution in [0, 0.1) is 0 Å². The van der Waals surface area contributed by atoms with E-state index < -0.39 is 0 Å². The van der Waals surface area contributed by atoms with E-state index in [-0.39, 0.29) is 0 Å². The Labute approximate surface area is 92.8 Å². The van der Waals surface area contributed by atoms with Gasteiger partial charge in [0.25, 0.3) is 0 Å². The topological polar surface area (TPSA) is 35.0 Å². The predicted octanol–water partition coefficient (Wildman–Crippen LogP) is 2.28. The summed E-state index contributed by atoms with van der Waals surface area (Å²) < 4.78 is 5.02. The summed E-state index contributed by atoms with van der Waals surface area (Å²) in [5.41, 5.74) is 2.05. The number of hydrogen-bond donors (Lipinski definition) is 0. The summed E-state index contributed by atoms with van der Waals surface area (Å²) in [6, 6.07) is 5.92. The molecule has 0 saturated carbocycles. The van der Waals surface area contributed by atoms with Gasteiger partial charge in [-0.2, -0.15) is 0 Å². The molecule has 2 heterocycles. The predicted molar refractivity (Wildman–Crippen MR) is 59.9 cm³/mol. The smallest absolute Gasteiger partial charge is 0.0989 e. The van der Waals surface area contributed by atoms with Crippen LogP contribution in [0.4, 0.5) is 0 Å². The Morgan fingerprint density at radius 1 is 1.33 bits per heavy atom. The van der Waals surface area contributed by atoms with Crippen LogP contribution in [0.15, 0.2) is 29.8 Å². The quantitative estimate of drug-likeness (QED) is 0.793. The number of aromatic nitrogens is 2. The average molecular weight is 220 g/mol. The SMILES string of the molecule is COCc1csc(Cc2ccccn2)n1. The Bertz CT molecular complexity index is 414. The number of rotatable bonds is 4. The Kier molecular flexibility index (Phi) is 3.42. The van der Waals surface area contributed by atoms with E-state index in [1.165, 1.54) is 0 Å². The van der Waals surface area contributed by atoms with Crippen molar-refractivity contribution in [1.29, 1.82) is 0 Å². The molecule has 0 spiro atoms. The maximum atomic E-state index is 5.02. The first kappa shape index (κ1) is 10.3. The first-order chi connectivity index (χ1) is 7.38. The summed E-state index contributed by atoms with van der Waals surface area (Å²) in [7, 11) is 1.68. The van der Waals surface area contributed by atoms with Gasteiger partial charge in [0.2, 0.25) is 0 Å². The van der Waals surface area contributed by atoms with Crippen molar-refractivity contribution in [2.75, 3.05) is 7.11 Å². The third kappa shape index (κ3) is 2.84. The highest BCUT2D eigenvalue weighted by Gasteiger charge is 2.03. The molecule has 0 aliphatic carbocycles. The Morgan fingerprint density at radius 2 is 2.27 bits per heavy atom. The standard InChI is InChI=1S/C11H12N2OS/c1-14-7-10-8-15-11(13-10)6-9-4-2-3-5-12-9/h2-5,8H,6-7H2,1H3. The summed E-state index contributed by atoms with van der Waals surface area (Å²) in [5, 5.41) is 3.11. The van der Waals surface area contributed by atoms with Crippen molar-refractivity contribution < 1.29 is 4.74 Å². The van der Waals surface area contributed by atoms with Crippen LogP contribution in [-0.4, -0.2) is 17.1 Å². The van der Waals surface area contributed by atoms with Gasteiger partial charge in [-0.3, -0.25) is 4.98 Å². The van der Waals surface area contributed by atoms with Crippen LogP contribution in [0.25, 0.3) is 0 Å². The zero-order valence-electron chi connectivity index (χ0n) is 8.51. The Hall–Kier alpha value is -1.26. The Balaban J connectivity index is 2.05. The number of hydrogen-bond acceptors (Lipinski definition) is 4. The van der Waals surface area contributed by atoms with Crippen LogP contribution in [0.1, 0.15) is 16.4 Å². The van der Waals surface area contributed by atoms with Gasteiger partial charge in [0.1, 0.15) is 0 Å². The molecule has 0 bridgehead atoms. The number of pyridine rings is 1. The van der Waals surface area contributed by atoms with E-state index in [1.807, 2.05) is 23.6 Å². The fraction of sp³-hybridized carbons (Fsp3) is 0.273. The first-order valence-electron chi connectivity index (χ1n) is 4.70. The monoisotopic (exact) mass is 220 g/mol. The van der Waals surface area contributed by atoms with Gasteiger partial charge in [0, 0.05) is 30.8 Å². The molecule has 78 valence electrons. The van der Waals surface area contributed by atoms with Crippen molar-refractivity contribution in [2.24, 2.45) is 0 Å². The van der Waals surface area contributed by atoms with Crippen LogP contribution in [0.3, 0.4) is 0 Å². The van der Waals surface area contributed by atoms with Gasteiger partial charge in [-0.15, -0.1) is 11.3 Å². The summed E-state index contributed by atoms with van der Waals surface area (Å²) in [6.45, 7) is 0.582. The minimum absolute atomic E-state index is 0.582. The van der Waals surface area contributed by atoms with Crippen molar-refractivity contribution in [3.05, 3.63) is 46.2 Å². The zero-order valence-corrected chi connectivity index (χ0v) is 9.33. The number of thiazole rings is 1. The molecule has 0 aromatic carbocycles. The second-order valence-electron chi connectivity index (χ2n) is 3.16. The molecule has 2 aromatic heterocycles. The molecule has 0 aliphatic rings. The molecule has 2 rings (SSSR count). The second kappa shape index (κ2) is 5.00. The third-order valence-electron chi connectivity index (χ3n) is 1.95. The molecule has 0 unspecified atom stereocenters. The first-order valence-corrected chi connectivity index (χ1v) is 5.58. The van der Waals surface area contributed by atoms with Crippen molar-refractivity contribution >= 4 is 11.3 Å². The minimum atomic E-state index is 0.582. The molecule has 0 radical (unpaired) electrons. The molecule has 4 heteroatoms. The summed E-state index contributed by atoms with van der Waals surface area (Å²) >= 11 is 1.65. The van der Waals surface area contributed by atoms with E-state index in [9.17, 15) is 0 Å². The van der Waals surface area contributed by atoms with Crippen molar-refractivity contribution in [1.82, 2.24) is 9.97 Å². The molecule has 2 aromatic rings. The number of nitrogens with zero attached hydrogens (tertiary/aromatic N) is 2. The van der Waals surface area contributed by atoms with Gasteiger partial charge in [0.15, 0.2) is 0 Å². The second-order valence-corrected chi connectivity index (χ2v) is 4.11.